The van der Waals surface area contributed by atoms with Crippen molar-refractivity contribution in [2.24, 2.45) is 5.92 Å². The van der Waals surface area contributed by atoms with Gasteiger partial charge in [-0.05, 0) is 61.7 Å². The zero-order valence-corrected chi connectivity index (χ0v) is 16.8. The largest absolute Gasteiger partial charge is 0.497 e. The molecule has 6 heteroatoms. The highest BCUT2D eigenvalue weighted by Crippen LogP contribution is 2.27. The molecule has 1 aliphatic rings. The van der Waals surface area contributed by atoms with Crippen LogP contribution in [-0.4, -0.2) is 40.1 Å². The van der Waals surface area contributed by atoms with Gasteiger partial charge in [0.15, 0.2) is 0 Å². The Hall–Kier alpha value is -1.89. The Morgan fingerprint density at radius 1 is 1.07 bits per heavy atom. The normalized spacial score (nSPS) is 17.6. The van der Waals surface area contributed by atoms with Crippen LogP contribution >= 0.6 is 0 Å². The Labute approximate surface area is 162 Å². The Morgan fingerprint density at radius 2 is 1.70 bits per heavy atom. The standard InChI is InChI=1S/C21H28N2O3S/c1-17-12-14-23(15-13-17)21(18-6-4-3-5-7-18)16-22-27(24,25)20-10-8-19(26-2)9-11-20/h3-11,17,21-22H,12-16H2,1-2H3/t21-/m1/s1. The van der Waals surface area contributed by atoms with E-state index in [0.717, 1.165) is 37.4 Å². The predicted molar refractivity (Wildman–Crippen MR) is 107 cm³/mol. The number of methoxy groups -OCH3 is 1. The fraction of sp³-hybridized carbons (Fsp3) is 0.429. The minimum absolute atomic E-state index is 0.0340. The summed E-state index contributed by atoms with van der Waals surface area (Å²) in [7, 11) is -2.01. The van der Waals surface area contributed by atoms with E-state index in [4.69, 9.17) is 4.74 Å². The molecule has 27 heavy (non-hydrogen) atoms. The summed E-state index contributed by atoms with van der Waals surface area (Å²) in [4.78, 5) is 2.65. The molecule has 2 aromatic rings. The molecular formula is C21H28N2O3S. The molecule has 2 aromatic carbocycles. The lowest BCUT2D eigenvalue weighted by Crippen LogP contribution is -2.41. The van der Waals surface area contributed by atoms with Crippen LogP contribution in [0.3, 0.4) is 0 Å². The smallest absolute Gasteiger partial charge is 0.240 e. The zero-order valence-electron chi connectivity index (χ0n) is 16.0. The molecule has 1 atom stereocenters. The second kappa shape index (κ2) is 8.87. The number of hydrogen-bond acceptors (Lipinski definition) is 4. The topological polar surface area (TPSA) is 58.6 Å². The van der Waals surface area contributed by atoms with E-state index in [9.17, 15) is 8.42 Å². The molecule has 1 N–H and O–H groups in total. The maximum atomic E-state index is 12.7. The minimum Gasteiger partial charge on any atom is -0.497 e. The van der Waals surface area contributed by atoms with Gasteiger partial charge in [-0.3, -0.25) is 4.90 Å². The van der Waals surface area contributed by atoms with Gasteiger partial charge in [-0.25, -0.2) is 13.1 Å². The van der Waals surface area contributed by atoms with Gasteiger partial charge in [-0.15, -0.1) is 0 Å². The lowest BCUT2D eigenvalue weighted by Gasteiger charge is -2.37. The Morgan fingerprint density at radius 3 is 2.30 bits per heavy atom. The average molecular weight is 389 g/mol. The Bertz CT molecular complexity index is 814. The van der Waals surface area contributed by atoms with Gasteiger partial charge in [0.2, 0.25) is 10.0 Å². The summed E-state index contributed by atoms with van der Waals surface area (Å²) in [6.45, 7) is 4.62. The number of piperidine rings is 1. The second-order valence-corrected chi connectivity index (χ2v) is 8.94. The molecule has 0 amide bonds. The van der Waals surface area contributed by atoms with Crippen molar-refractivity contribution >= 4 is 10.0 Å². The molecule has 0 aliphatic carbocycles. The van der Waals surface area contributed by atoms with Crippen molar-refractivity contribution in [3.63, 3.8) is 0 Å². The van der Waals surface area contributed by atoms with Crippen molar-refractivity contribution in [3.05, 3.63) is 60.2 Å². The molecule has 0 aromatic heterocycles. The SMILES string of the molecule is COc1ccc(S(=O)(=O)NC[C@H](c2ccccc2)N2CCC(C)CC2)cc1. The lowest BCUT2D eigenvalue weighted by atomic mass is 9.96. The maximum absolute atomic E-state index is 12.7. The van der Waals surface area contributed by atoms with E-state index in [1.165, 1.54) is 0 Å². The molecule has 1 fully saturated rings. The van der Waals surface area contributed by atoms with Crippen molar-refractivity contribution in [1.82, 2.24) is 9.62 Å². The van der Waals surface area contributed by atoms with Crippen molar-refractivity contribution in [2.45, 2.75) is 30.7 Å². The summed E-state index contributed by atoms with van der Waals surface area (Å²) in [6.07, 6.45) is 2.29. The van der Waals surface area contributed by atoms with E-state index in [1.807, 2.05) is 18.2 Å². The third-order valence-electron chi connectivity index (χ3n) is 5.28. The third kappa shape index (κ3) is 5.09. The van der Waals surface area contributed by atoms with Crippen LogP contribution in [0.5, 0.6) is 5.75 Å². The Balaban J connectivity index is 1.75. The van der Waals surface area contributed by atoms with E-state index < -0.39 is 10.0 Å². The lowest BCUT2D eigenvalue weighted by molar-refractivity contribution is 0.139. The van der Waals surface area contributed by atoms with E-state index in [1.54, 1.807) is 31.4 Å². The van der Waals surface area contributed by atoms with E-state index >= 15 is 0 Å². The molecule has 0 saturated carbocycles. The fourth-order valence-corrected chi connectivity index (χ4v) is 4.54. The molecule has 3 rings (SSSR count). The summed E-state index contributed by atoms with van der Waals surface area (Å²) in [5.41, 5.74) is 1.14. The molecule has 0 bridgehead atoms. The number of nitrogens with one attached hydrogen (secondary N) is 1. The van der Waals surface area contributed by atoms with Crippen LogP contribution in [0.2, 0.25) is 0 Å². The summed E-state index contributed by atoms with van der Waals surface area (Å²) in [5.74, 6) is 1.37. The van der Waals surface area contributed by atoms with Gasteiger partial charge in [0.05, 0.1) is 12.0 Å². The first-order valence-corrected chi connectivity index (χ1v) is 10.9. The predicted octanol–water partition coefficient (Wildman–Crippen LogP) is 3.45. The van der Waals surface area contributed by atoms with Gasteiger partial charge in [0.25, 0.3) is 0 Å². The summed E-state index contributed by atoms with van der Waals surface area (Å²) >= 11 is 0. The van der Waals surface area contributed by atoms with Crippen LogP contribution in [0.15, 0.2) is 59.5 Å². The van der Waals surface area contributed by atoms with Crippen LogP contribution in [-0.2, 0) is 10.0 Å². The van der Waals surface area contributed by atoms with E-state index in [-0.39, 0.29) is 10.9 Å². The van der Waals surface area contributed by atoms with Crippen molar-refractivity contribution in [2.75, 3.05) is 26.7 Å². The highest BCUT2D eigenvalue weighted by atomic mass is 32.2. The summed E-state index contributed by atoms with van der Waals surface area (Å²) in [5, 5.41) is 0. The van der Waals surface area contributed by atoms with Crippen LogP contribution in [0.25, 0.3) is 0 Å². The highest BCUT2D eigenvalue weighted by Gasteiger charge is 2.26. The van der Waals surface area contributed by atoms with E-state index in [0.29, 0.717) is 12.3 Å². The first-order chi connectivity index (χ1) is 13.0. The van der Waals surface area contributed by atoms with Crippen LogP contribution in [0, 0.1) is 5.92 Å². The van der Waals surface area contributed by atoms with Gasteiger partial charge in [-0.2, -0.15) is 0 Å². The van der Waals surface area contributed by atoms with Crippen molar-refractivity contribution in [3.8, 4) is 5.75 Å². The number of sulfonamides is 1. The third-order valence-corrected chi connectivity index (χ3v) is 6.72. The molecule has 1 saturated heterocycles. The number of likely N-dealkylation sites (tertiary alicyclic amines) is 1. The van der Waals surface area contributed by atoms with Gasteiger partial charge in [0.1, 0.15) is 5.75 Å². The molecule has 1 heterocycles. The molecule has 5 nitrogen and oxygen atoms in total. The summed E-state index contributed by atoms with van der Waals surface area (Å²) in [6, 6.07) is 16.6. The van der Waals surface area contributed by atoms with Gasteiger partial charge in [-0.1, -0.05) is 37.3 Å². The molecule has 0 radical (unpaired) electrons. The number of nitrogens with zero attached hydrogens (tertiary/aromatic N) is 1. The minimum atomic E-state index is -3.57. The summed E-state index contributed by atoms with van der Waals surface area (Å²) < 4.78 is 33.4. The first-order valence-electron chi connectivity index (χ1n) is 9.42. The van der Waals surface area contributed by atoms with Gasteiger partial charge < -0.3 is 4.74 Å². The van der Waals surface area contributed by atoms with Gasteiger partial charge >= 0.3 is 0 Å². The van der Waals surface area contributed by atoms with Crippen LogP contribution < -0.4 is 9.46 Å². The number of benzene rings is 2. The highest BCUT2D eigenvalue weighted by molar-refractivity contribution is 7.89. The maximum Gasteiger partial charge on any atom is 0.240 e. The second-order valence-electron chi connectivity index (χ2n) is 7.17. The zero-order chi connectivity index (χ0) is 19.3. The molecule has 0 spiro atoms. The van der Waals surface area contributed by atoms with Crippen LogP contribution in [0.1, 0.15) is 31.4 Å². The van der Waals surface area contributed by atoms with E-state index in [2.05, 4.69) is 28.7 Å². The van der Waals surface area contributed by atoms with Crippen molar-refractivity contribution < 1.29 is 13.2 Å². The Kier molecular flexibility index (Phi) is 6.52. The number of ether oxygens (including phenoxy) is 1. The quantitative estimate of drug-likeness (QED) is 0.789. The van der Waals surface area contributed by atoms with Crippen LogP contribution in [0.4, 0.5) is 0 Å². The molecule has 146 valence electrons. The first kappa shape index (κ1) is 19.9. The molecule has 0 unspecified atom stereocenters. The van der Waals surface area contributed by atoms with Gasteiger partial charge in [0, 0.05) is 12.6 Å². The fourth-order valence-electron chi connectivity index (χ4n) is 3.50. The van der Waals surface area contributed by atoms with Crippen molar-refractivity contribution in [1.29, 1.82) is 0 Å². The monoisotopic (exact) mass is 388 g/mol. The molecular weight excluding hydrogens is 360 g/mol. The molecule has 1 aliphatic heterocycles. The average Bonchev–Trinajstić information content (AvgIpc) is 2.70. The number of hydrogen-bond donors (Lipinski definition) is 1. The number of rotatable bonds is 7.